The molecule has 0 bridgehead atoms. The van der Waals surface area contributed by atoms with Crippen molar-refractivity contribution in [2.24, 2.45) is 0 Å². The van der Waals surface area contributed by atoms with Crippen molar-refractivity contribution in [1.82, 2.24) is 20.1 Å². The zero-order valence-electron chi connectivity index (χ0n) is 19.7. The number of carboxylic acid groups (broad SMARTS) is 1. The molecule has 1 aliphatic rings. The van der Waals surface area contributed by atoms with Crippen LogP contribution in [-0.4, -0.2) is 44.4 Å². The molecule has 1 fully saturated rings. The summed E-state index contributed by atoms with van der Waals surface area (Å²) in [6.45, 7) is 0. The molecule has 1 aliphatic carbocycles. The van der Waals surface area contributed by atoms with E-state index in [4.69, 9.17) is 16.3 Å². The van der Waals surface area contributed by atoms with Crippen molar-refractivity contribution in [1.29, 1.82) is 0 Å². The van der Waals surface area contributed by atoms with Gasteiger partial charge in [-0.1, -0.05) is 43.0 Å². The first-order valence-electron chi connectivity index (χ1n) is 11.8. The molecule has 184 valence electrons. The standard InChI is InChI=1S/C27H25ClN4O4/c1-36-24-8-4-3-7-19(24)23-16-21(25(33)30-27(26(34)35)12-5-2-6-13-27)31-32(23)22-11-14-29-20-15-17(28)9-10-18(20)22/h3-4,7-11,14-16H,2,5-6,12-13H2,1H3,(H,30,33)(H,34,35). The van der Waals surface area contributed by atoms with Gasteiger partial charge in [0.05, 0.1) is 24.0 Å². The summed E-state index contributed by atoms with van der Waals surface area (Å²) in [4.78, 5) is 30.0. The number of nitrogens with one attached hydrogen (secondary N) is 1. The highest BCUT2D eigenvalue weighted by Crippen LogP contribution is 2.34. The number of aromatic nitrogens is 3. The van der Waals surface area contributed by atoms with Gasteiger partial charge in [0.25, 0.3) is 5.91 Å². The Morgan fingerprint density at radius 2 is 1.86 bits per heavy atom. The highest BCUT2D eigenvalue weighted by Gasteiger charge is 2.41. The maximum Gasteiger partial charge on any atom is 0.329 e. The number of hydrogen-bond donors (Lipinski definition) is 2. The predicted octanol–water partition coefficient (Wildman–Crippen LogP) is 5.27. The molecule has 1 saturated carbocycles. The summed E-state index contributed by atoms with van der Waals surface area (Å²) in [6.07, 6.45) is 4.89. The number of carbonyl (C=O) groups excluding carboxylic acids is 1. The van der Waals surface area contributed by atoms with Crippen LogP contribution >= 0.6 is 11.6 Å². The number of nitrogens with zero attached hydrogens (tertiary/aromatic N) is 3. The van der Waals surface area contributed by atoms with Crippen LogP contribution in [0, 0.1) is 0 Å². The second-order valence-electron chi connectivity index (χ2n) is 8.92. The Labute approximate surface area is 212 Å². The lowest BCUT2D eigenvalue weighted by molar-refractivity contribution is -0.145. The van der Waals surface area contributed by atoms with Gasteiger partial charge in [0, 0.05) is 22.2 Å². The number of carbonyl (C=O) groups is 2. The van der Waals surface area contributed by atoms with E-state index in [0.29, 0.717) is 40.5 Å². The molecule has 0 atom stereocenters. The molecule has 0 saturated heterocycles. The molecule has 0 spiro atoms. The first-order chi connectivity index (χ1) is 17.4. The van der Waals surface area contributed by atoms with Crippen LogP contribution in [0.2, 0.25) is 5.02 Å². The minimum Gasteiger partial charge on any atom is -0.496 e. The zero-order chi connectivity index (χ0) is 25.3. The van der Waals surface area contributed by atoms with Gasteiger partial charge in [0.15, 0.2) is 5.69 Å². The lowest BCUT2D eigenvalue weighted by atomic mass is 9.81. The maximum atomic E-state index is 13.4. The quantitative estimate of drug-likeness (QED) is 0.370. The van der Waals surface area contributed by atoms with Gasteiger partial charge in [-0.3, -0.25) is 9.78 Å². The van der Waals surface area contributed by atoms with E-state index in [1.807, 2.05) is 36.4 Å². The van der Waals surface area contributed by atoms with Gasteiger partial charge in [0.2, 0.25) is 0 Å². The Bertz CT molecular complexity index is 1460. The number of aliphatic carboxylic acids is 1. The van der Waals surface area contributed by atoms with Crippen molar-refractivity contribution in [2.75, 3.05) is 7.11 Å². The first-order valence-corrected chi connectivity index (χ1v) is 12.1. The second kappa shape index (κ2) is 9.62. The van der Waals surface area contributed by atoms with Crippen LogP contribution in [-0.2, 0) is 4.79 Å². The van der Waals surface area contributed by atoms with Crippen molar-refractivity contribution in [3.05, 3.63) is 71.5 Å². The monoisotopic (exact) mass is 504 g/mol. The predicted molar refractivity (Wildman–Crippen MR) is 137 cm³/mol. The van der Waals surface area contributed by atoms with Gasteiger partial charge >= 0.3 is 5.97 Å². The Kier molecular flexibility index (Phi) is 6.36. The largest absolute Gasteiger partial charge is 0.496 e. The van der Waals surface area contributed by atoms with Crippen LogP contribution in [0.1, 0.15) is 42.6 Å². The molecule has 5 rings (SSSR count). The second-order valence-corrected chi connectivity index (χ2v) is 9.36. The molecule has 0 unspecified atom stereocenters. The van der Waals surface area contributed by atoms with E-state index < -0.39 is 17.4 Å². The molecule has 8 nitrogen and oxygen atoms in total. The average molecular weight is 505 g/mol. The van der Waals surface area contributed by atoms with Crippen LogP contribution in [0.5, 0.6) is 5.75 Å². The van der Waals surface area contributed by atoms with Crippen molar-refractivity contribution in [3.63, 3.8) is 0 Å². The smallest absolute Gasteiger partial charge is 0.329 e. The van der Waals surface area contributed by atoms with Crippen LogP contribution in [0.3, 0.4) is 0 Å². The van der Waals surface area contributed by atoms with Crippen LogP contribution < -0.4 is 10.1 Å². The highest BCUT2D eigenvalue weighted by molar-refractivity contribution is 6.31. The summed E-state index contributed by atoms with van der Waals surface area (Å²) in [5.41, 5.74) is 1.55. The van der Waals surface area contributed by atoms with E-state index >= 15 is 0 Å². The van der Waals surface area contributed by atoms with E-state index in [1.54, 1.807) is 36.2 Å². The Balaban J connectivity index is 1.66. The minimum atomic E-state index is -1.29. The number of amides is 1. The lowest BCUT2D eigenvalue weighted by Crippen LogP contribution is -2.55. The Morgan fingerprint density at radius 3 is 2.61 bits per heavy atom. The molecule has 2 heterocycles. The number of methoxy groups -OCH3 is 1. The van der Waals surface area contributed by atoms with E-state index in [0.717, 1.165) is 30.2 Å². The molecule has 9 heteroatoms. The molecule has 2 N–H and O–H groups in total. The fraction of sp³-hybridized carbons (Fsp3) is 0.259. The molecule has 2 aromatic heterocycles. The van der Waals surface area contributed by atoms with Crippen molar-refractivity contribution in [2.45, 2.75) is 37.6 Å². The molecule has 1 amide bonds. The number of pyridine rings is 1. The van der Waals surface area contributed by atoms with Crippen molar-refractivity contribution in [3.8, 4) is 22.7 Å². The number of benzene rings is 2. The number of carboxylic acids is 1. The first kappa shape index (κ1) is 23.8. The van der Waals surface area contributed by atoms with Gasteiger partial charge < -0.3 is 15.2 Å². The van der Waals surface area contributed by atoms with Crippen LogP contribution in [0.25, 0.3) is 27.8 Å². The molecule has 0 radical (unpaired) electrons. The Morgan fingerprint density at radius 1 is 1.08 bits per heavy atom. The van der Waals surface area contributed by atoms with Gasteiger partial charge in [-0.05, 0) is 55.3 Å². The number of para-hydroxylation sites is 1. The normalized spacial score (nSPS) is 14.9. The average Bonchev–Trinajstić information content (AvgIpc) is 3.34. The topological polar surface area (TPSA) is 106 Å². The molecular formula is C27H25ClN4O4. The van der Waals surface area contributed by atoms with Gasteiger partial charge in [-0.2, -0.15) is 5.10 Å². The molecule has 36 heavy (non-hydrogen) atoms. The van der Waals surface area contributed by atoms with Gasteiger partial charge in [0.1, 0.15) is 11.3 Å². The van der Waals surface area contributed by atoms with Crippen LogP contribution in [0.15, 0.2) is 60.8 Å². The van der Waals surface area contributed by atoms with E-state index in [9.17, 15) is 14.7 Å². The van der Waals surface area contributed by atoms with E-state index in [1.165, 1.54) is 0 Å². The third kappa shape index (κ3) is 4.28. The Hall–Kier alpha value is -3.91. The zero-order valence-corrected chi connectivity index (χ0v) is 20.5. The number of ether oxygens (including phenoxy) is 1. The lowest BCUT2D eigenvalue weighted by Gasteiger charge is -2.33. The SMILES string of the molecule is COc1ccccc1-c1cc(C(=O)NC2(C(=O)O)CCCCC2)nn1-c1ccnc2cc(Cl)ccc12. The molecule has 4 aromatic rings. The van der Waals surface area contributed by atoms with E-state index in [-0.39, 0.29) is 5.69 Å². The van der Waals surface area contributed by atoms with Crippen molar-refractivity contribution < 1.29 is 19.4 Å². The van der Waals surface area contributed by atoms with E-state index in [2.05, 4.69) is 15.4 Å². The number of halogens is 1. The third-order valence-electron chi connectivity index (χ3n) is 6.70. The van der Waals surface area contributed by atoms with Gasteiger partial charge in [-0.15, -0.1) is 0 Å². The van der Waals surface area contributed by atoms with Crippen molar-refractivity contribution >= 4 is 34.4 Å². The minimum absolute atomic E-state index is 0.112. The fourth-order valence-electron chi connectivity index (χ4n) is 4.84. The summed E-state index contributed by atoms with van der Waals surface area (Å²) in [5.74, 6) is -0.936. The van der Waals surface area contributed by atoms with Gasteiger partial charge in [-0.25, -0.2) is 9.48 Å². The summed E-state index contributed by atoms with van der Waals surface area (Å²) >= 11 is 6.18. The summed E-state index contributed by atoms with van der Waals surface area (Å²) in [6, 6.07) is 16.3. The van der Waals surface area contributed by atoms with Crippen LogP contribution in [0.4, 0.5) is 0 Å². The highest BCUT2D eigenvalue weighted by atomic mass is 35.5. The summed E-state index contributed by atoms with van der Waals surface area (Å²) < 4.78 is 7.25. The summed E-state index contributed by atoms with van der Waals surface area (Å²) in [5, 5.41) is 18.7. The fourth-order valence-corrected chi connectivity index (χ4v) is 5.01. The molecule has 0 aliphatic heterocycles. The molecular weight excluding hydrogens is 480 g/mol. The third-order valence-corrected chi connectivity index (χ3v) is 6.94. The maximum absolute atomic E-state index is 13.4. The number of fused-ring (bicyclic) bond motifs is 1. The number of hydrogen-bond acceptors (Lipinski definition) is 5. The molecule has 2 aromatic carbocycles. The summed E-state index contributed by atoms with van der Waals surface area (Å²) in [7, 11) is 1.58. The number of rotatable bonds is 6.